The van der Waals surface area contributed by atoms with Crippen LogP contribution in [0.15, 0.2) is 12.3 Å². The van der Waals surface area contributed by atoms with Gasteiger partial charge in [-0.3, -0.25) is 0 Å². The first-order chi connectivity index (χ1) is 6.72. The van der Waals surface area contributed by atoms with Crippen LogP contribution < -0.4 is 5.32 Å². The van der Waals surface area contributed by atoms with E-state index in [0.29, 0.717) is 13.1 Å². The van der Waals surface area contributed by atoms with Crippen LogP contribution in [0.3, 0.4) is 0 Å². The lowest BCUT2D eigenvalue weighted by molar-refractivity contribution is 0.594. The topological polar surface area (TPSA) is 61.6 Å². The maximum atomic E-state index is 8.56. The molecule has 1 heterocycles. The van der Waals surface area contributed by atoms with Crippen molar-refractivity contribution in [3.05, 3.63) is 23.8 Å². The Morgan fingerprint density at radius 2 is 2.43 bits per heavy atom. The highest BCUT2D eigenvalue weighted by molar-refractivity contribution is 5.01. The molecule has 1 aromatic rings. The molecule has 0 bridgehead atoms. The Morgan fingerprint density at radius 3 is 3.07 bits per heavy atom. The zero-order valence-corrected chi connectivity index (χ0v) is 8.49. The Balaban J connectivity index is 2.36. The second-order valence-corrected chi connectivity index (χ2v) is 3.26. The van der Waals surface area contributed by atoms with Crippen LogP contribution in [0, 0.1) is 24.2 Å². The predicted molar refractivity (Wildman–Crippen MR) is 53.3 cm³/mol. The van der Waals surface area contributed by atoms with Crippen molar-refractivity contribution in [1.29, 1.82) is 5.26 Å². The van der Waals surface area contributed by atoms with Gasteiger partial charge in [-0.1, -0.05) is 0 Å². The van der Waals surface area contributed by atoms with E-state index < -0.39 is 0 Å². The van der Waals surface area contributed by atoms with Crippen LogP contribution in [0.25, 0.3) is 0 Å². The largest absolute Gasteiger partial charge is 0.310 e. The molecule has 0 fully saturated rings. The van der Waals surface area contributed by atoms with E-state index in [2.05, 4.69) is 21.4 Å². The maximum Gasteiger partial charge on any atom is 0.125 e. The number of nitrogens with one attached hydrogen (secondary N) is 1. The Morgan fingerprint density at radius 1 is 1.64 bits per heavy atom. The summed E-state index contributed by atoms with van der Waals surface area (Å²) in [7, 11) is 0. The van der Waals surface area contributed by atoms with Crippen molar-refractivity contribution in [2.75, 3.05) is 6.54 Å². The minimum Gasteiger partial charge on any atom is -0.310 e. The highest BCUT2D eigenvalue weighted by Gasteiger charge is 1.99. The SMILES string of the molecule is Cc1nccc(CNCC(C)C#N)n1. The molecule has 1 rings (SSSR count). The van der Waals surface area contributed by atoms with E-state index in [0.717, 1.165) is 11.5 Å². The van der Waals surface area contributed by atoms with E-state index in [1.54, 1.807) is 6.20 Å². The minimum atomic E-state index is 0.0398. The number of aryl methyl sites for hydroxylation is 1. The van der Waals surface area contributed by atoms with Crippen LogP contribution in [0.5, 0.6) is 0 Å². The van der Waals surface area contributed by atoms with E-state index in [1.165, 1.54) is 0 Å². The Bertz CT molecular complexity index is 329. The molecule has 1 N–H and O–H groups in total. The molecule has 0 aliphatic carbocycles. The fourth-order valence-corrected chi connectivity index (χ4v) is 1.07. The fraction of sp³-hybridized carbons (Fsp3) is 0.500. The molecule has 0 saturated heterocycles. The number of hydrogen-bond donors (Lipinski definition) is 1. The van der Waals surface area contributed by atoms with Gasteiger partial charge in [0.05, 0.1) is 17.7 Å². The molecular weight excluding hydrogens is 176 g/mol. The average molecular weight is 190 g/mol. The van der Waals surface area contributed by atoms with Gasteiger partial charge in [-0.15, -0.1) is 0 Å². The molecule has 0 saturated carbocycles. The molecule has 0 aromatic carbocycles. The van der Waals surface area contributed by atoms with Crippen molar-refractivity contribution in [1.82, 2.24) is 15.3 Å². The standard InChI is InChI=1S/C10H14N4/c1-8(5-11)6-12-7-10-3-4-13-9(2)14-10/h3-4,8,12H,6-7H2,1-2H3. The van der Waals surface area contributed by atoms with E-state index in [9.17, 15) is 0 Å². The normalized spacial score (nSPS) is 12.1. The molecule has 0 amide bonds. The lowest BCUT2D eigenvalue weighted by atomic mass is 10.2. The predicted octanol–water partition coefficient (Wildman–Crippen LogP) is 1.03. The van der Waals surface area contributed by atoms with Gasteiger partial charge >= 0.3 is 0 Å². The van der Waals surface area contributed by atoms with Crippen LogP contribution >= 0.6 is 0 Å². The smallest absolute Gasteiger partial charge is 0.125 e. The number of hydrogen-bond acceptors (Lipinski definition) is 4. The summed E-state index contributed by atoms with van der Waals surface area (Å²) in [5, 5.41) is 11.7. The summed E-state index contributed by atoms with van der Waals surface area (Å²) in [6.45, 7) is 5.13. The van der Waals surface area contributed by atoms with Gasteiger partial charge in [0.15, 0.2) is 0 Å². The molecule has 1 unspecified atom stereocenters. The molecule has 14 heavy (non-hydrogen) atoms. The van der Waals surface area contributed by atoms with Crippen molar-refractivity contribution >= 4 is 0 Å². The van der Waals surface area contributed by atoms with Crippen molar-refractivity contribution in [3.63, 3.8) is 0 Å². The number of rotatable bonds is 4. The molecular formula is C10H14N4. The Hall–Kier alpha value is -1.47. The van der Waals surface area contributed by atoms with Gasteiger partial charge in [0.2, 0.25) is 0 Å². The van der Waals surface area contributed by atoms with Gasteiger partial charge < -0.3 is 5.32 Å². The van der Waals surface area contributed by atoms with Crippen LogP contribution in [0.2, 0.25) is 0 Å². The highest BCUT2D eigenvalue weighted by Crippen LogP contribution is 1.95. The second kappa shape index (κ2) is 5.30. The third kappa shape index (κ3) is 3.50. The summed E-state index contributed by atoms with van der Waals surface area (Å²) in [6.07, 6.45) is 1.74. The first-order valence-electron chi connectivity index (χ1n) is 4.61. The van der Waals surface area contributed by atoms with Crippen molar-refractivity contribution < 1.29 is 0 Å². The number of nitriles is 1. The van der Waals surface area contributed by atoms with E-state index in [4.69, 9.17) is 5.26 Å². The van der Waals surface area contributed by atoms with Gasteiger partial charge in [0, 0.05) is 19.3 Å². The molecule has 0 aliphatic heterocycles. The lowest BCUT2D eigenvalue weighted by Gasteiger charge is -2.05. The zero-order chi connectivity index (χ0) is 10.4. The summed E-state index contributed by atoms with van der Waals surface area (Å²) in [6, 6.07) is 4.04. The minimum absolute atomic E-state index is 0.0398. The van der Waals surface area contributed by atoms with Crippen LogP contribution in [-0.2, 0) is 6.54 Å². The van der Waals surface area contributed by atoms with Gasteiger partial charge in [-0.2, -0.15) is 5.26 Å². The van der Waals surface area contributed by atoms with Crippen LogP contribution in [-0.4, -0.2) is 16.5 Å². The molecule has 4 heteroatoms. The highest BCUT2D eigenvalue weighted by atomic mass is 14.9. The van der Waals surface area contributed by atoms with Gasteiger partial charge in [0.1, 0.15) is 5.82 Å². The molecule has 0 spiro atoms. The first kappa shape index (κ1) is 10.6. The Kier molecular flexibility index (Phi) is 4.02. The summed E-state index contributed by atoms with van der Waals surface area (Å²) in [5.41, 5.74) is 0.961. The van der Waals surface area contributed by atoms with E-state index in [1.807, 2.05) is 19.9 Å². The van der Waals surface area contributed by atoms with Gasteiger partial charge in [0.25, 0.3) is 0 Å². The molecule has 0 aliphatic rings. The van der Waals surface area contributed by atoms with Crippen molar-refractivity contribution in [2.45, 2.75) is 20.4 Å². The molecule has 0 radical (unpaired) electrons. The number of aromatic nitrogens is 2. The van der Waals surface area contributed by atoms with Crippen LogP contribution in [0.1, 0.15) is 18.4 Å². The monoisotopic (exact) mass is 190 g/mol. The third-order valence-corrected chi connectivity index (χ3v) is 1.81. The zero-order valence-electron chi connectivity index (χ0n) is 8.49. The van der Waals surface area contributed by atoms with Crippen molar-refractivity contribution in [3.8, 4) is 6.07 Å². The summed E-state index contributed by atoms with van der Waals surface area (Å²) < 4.78 is 0. The number of nitrogens with zero attached hydrogens (tertiary/aromatic N) is 3. The maximum absolute atomic E-state index is 8.56. The van der Waals surface area contributed by atoms with Crippen molar-refractivity contribution in [2.24, 2.45) is 5.92 Å². The second-order valence-electron chi connectivity index (χ2n) is 3.26. The molecule has 74 valence electrons. The van der Waals surface area contributed by atoms with E-state index >= 15 is 0 Å². The summed E-state index contributed by atoms with van der Waals surface area (Å²) in [5.74, 6) is 0.815. The molecule has 4 nitrogen and oxygen atoms in total. The summed E-state index contributed by atoms with van der Waals surface area (Å²) >= 11 is 0. The quantitative estimate of drug-likeness (QED) is 0.770. The lowest BCUT2D eigenvalue weighted by Crippen LogP contribution is -2.20. The average Bonchev–Trinajstić information content (AvgIpc) is 2.17. The first-order valence-corrected chi connectivity index (χ1v) is 4.61. The van der Waals surface area contributed by atoms with Crippen LogP contribution in [0.4, 0.5) is 0 Å². The molecule has 1 aromatic heterocycles. The van der Waals surface area contributed by atoms with E-state index in [-0.39, 0.29) is 5.92 Å². The summed E-state index contributed by atoms with van der Waals surface area (Å²) in [4.78, 5) is 8.25. The fourth-order valence-electron chi connectivity index (χ4n) is 1.07. The van der Waals surface area contributed by atoms with Gasteiger partial charge in [-0.05, 0) is 19.9 Å². The third-order valence-electron chi connectivity index (χ3n) is 1.81. The Labute approximate surface area is 84.0 Å². The molecule has 1 atom stereocenters. The van der Waals surface area contributed by atoms with Gasteiger partial charge in [-0.25, -0.2) is 9.97 Å².